The van der Waals surface area contributed by atoms with Crippen LogP contribution in [-0.4, -0.2) is 27.8 Å². The second-order valence-electron chi connectivity index (χ2n) is 5.06. The largest absolute Gasteiger partial charge is 0.297 e. The molecule has 1 aromatic rings. The van der Waals surface area contributed by atoms with Gasteiger partial charge in [0, 0.05) is 19.0 Å². The summed E-state index contributed by atoms with van der Waals surface area (Å²) < 4.78 is 2.01. The number of likely N-dealkylation sites (tertiary alicyclic amines) is 1. The average Bonchev–Trinajstić information content (AvgIpc) is 2.76. The minimum absolute atomic E-state index is 0.231. The average molecular weight is 281 g/mol. The molecule has 1 aliphatic rings. The summed E-state index contributed by atoms with van der Waals surface area (Å²) in [4.78, 5) is 2.38. The van der Waals surface area contributed by atoms with Crippen molar-refractivity contribution >= 4 is 11.6 Å². The minimum Gasteiger partial charge on any atom is -0.297 e. The maximum atomic E-state index is 8.92. The van der Waals surface area contributed by atoms with Gasteiger partial charge in [-0.3, -0.25) is 9.58 Å². The summed E-state index contributed by atoms with van der Waals surface area (Å²) >= 11 is 6.42. The molecular weight excluding hydrogens is 260 g/mol. The molecule has 0 bridgehead atoms. The van der Waals surface area contributed by atoms with E-state index in [1.54, 1.807) is 0 Å². The molecule has 0 N–H and O–H groups in total. The first-order valence-corrected chi connectivity index (χ1v) is 7.43. The highest BCUT2D eigenvalue weighted by molar-refractivity contribution is 6.31. The van der Waals surface area contributed by atoms with Crippen LogP contribution in [0.2, 0.25) is 5.02 Å². The standard InChI is InChI=1S/C14H21ClN4/c1-3-12-14(15)13(19(4-2)17-12)10-18-7-5-11(9-16)6-8-18/h11H,3-8,10H2,1-2H3. The van der Waals surface area contributed by atoms with Crippen molar-refractivity contribution in [3.63, 3.8) is 0 Å². The molecule has 2 heterocycles. The fourth-order valence-electron chi connectivity index (χ4n) is 2.60. The summed E-state index contributed by atoms with van der Waals surface area (Å²) in [5.41, 5.74) is 2.11. The Labute approximate surface area is 120 Å². The monoisotopic (exact) mass is 280 g/mol. The Morgan fingerprint density at radius 3 is 2.58 bits per heavy atom. The third kappa shape index (κ3) is 3.10. The van der Waals surface area contributed by atoms with E-state index in [4.69, 9.17) is 16.9 Å². The lowest BCUT2D eigenvalue weighted by Crippen LogP contribution is -2.33. The fraction of sp³-hybridized carbons (Fsp3) is 0.714. The molecule has 2 rings (SSSR count). The minimum atomic E-state index is 0.231. The van der Waals surface area contributed by atoms with E-state index in [1.807, 2.05) is 4.68 Å². The van der Waals surface area contributed by atoms with E-state index in [1.165, 1.54) is 0 Å². The Bertz CT molecular complexity index is 467. The number of halogens is 1. The Balaban J connectivity index is 2.07. The number of aryl methyl sites for hydroxylation is 2. The molecule has 1 fully saturated rings. The number of piperidine rings is 1. The van der Waals surface area contributed by atoms with E-state index in [2.05, 4.69) is 29.9 Å². The van der Waals surface area contributed by atoms with Gasteiger partial charge in [-0.1, -0.05) is 18.5 Å². The van der Waals surface area contributed by atoms with E-state index in [0.29, 0.717) is 0 Å². The summed E-state index contributed by atoms with van der Waals surface area (Å²) in [7, 11) is 0. The second-order valence-corrected chi connectivity index (χ2v) is 5.43. The fourth-order valence-corrected chi connectivity index (χ4v) is 2.93. The number of hydrogen-bond donors (Lipinski definition) is 0. The summed E-state index contributed by atoms with van der Waals surface area (Å²) in [6.07, 6.45) is 2.80. The second kappa shape index (κ2) is 6.40. The van der Waals surface area contributed by atoms with Gasteiger partial charge in [-0.05, 0) is 39.3 Å². The third-order valence-electron chi connectivity index (χ3n) is 3.84. The SMILES string of the molecule is CCc1nn(CC)c(CN2CCC(C#N)CC2)c1Cl. The van der Waals surface area contributed by atoms with Gasteiger partial charge in [-0.25, -0.2) is 0 Å². The lowest BCUT2D eigenvalue weighted by atomic mass is 9.98. The lowest BCUT2D eigenvalue weighted by molar-refractivity contribution is 0.193. The zero-order valence-corrected chi connectivity index (χ0v) is 12.4. The van der Waals surface area contributed by atoms with Crippen LogP contribution in [-0.2, 0) is 19.5 Å². The van der Waals surface area contributed by atoms with Gasteiger partial charge in [0.15, 0.2) is 0 Å². The molecule has 0 spiro atoms. The van der Waals surface area contributed by atoms with Crippen LogP contribution in [0.4, 0.5) is 0 Å². The van der Waals surface area contributed by atoms with Crippen LogP contribution in [0.1, 0.15) is 38.1 Å². The van der Waals surface area contributed by atoms with E-state index >= 15 is 0 Å². The Kier molecular flexibility index (Phi) is 4.84. The molecule has 1 aromatic heterocycles. The number of hydrogen-bond acceptors (Lipinski definition) is 3. The predicted octanol–water partition coefficient (Wildman–Crippen LogP) is 2.85. The van der Waals surface area contributed by atoms with Gasteiger partial charge in [0.1, 0.15) is 0 Å². The molecule has 104 valence electrons. The van der Waals surface area contributed by atoms with Gasteiger partial charge in [0.05, 0.1) is 22.5 Å². The summed E-state index contributed by atoms with van der Waals surface area (Å²) in [5, 5.41) is 14.3. The topological polar surface area (TPSA) is 44.9 Å². The molecule has 0 saturated carbocycles. The molecule has 0 amide bonds. The van der Waals surface area contributed by atoms with Crippen molar-refractivity contribution in [2.24, 2.45) is 5.92 Å². The quantitative estimate of drug-likeness (QED) is 0.852. The van der Waals surface area contributed by atoms with Gasteiger partial charge in [0.2, 0.25) is 0 Å². The van der Waals surface area contributed by atoms with Gasteiger partial charge >= 0.3 is 0 Å². The van der Waals surface area contributed by atoms with E-state index in [9.17, 15) is 0 Å². The van der Waals surface area contributed by atoms with Gasteiger partial charge in [-0.15, -0.1) is 0 Å². The molecule has 0 unspecified atom stereocenters. The van der Waals surface area contributed by atoms with Crippen LogP contribution < -0.4 is 0 Å². The molecule has 1 aliphatic heterocycles. The highest BCUT2D eigenvalue weighted by atomic mass is 35.5. The van der Waals surface area contributed by atoms with Crippen molar-refractivity contribution in [2.45, 2.75) is 46.2 Å². The zero-order valence-electron chi connectivity index (χ0n) is 11.7. The van der Waals surface area contributed by atoms with E-state index in [-0.39, 0.29) is 5.92 Å². The first kappa shape index (κ1) is 14.4. The third-order valence-corrected chi connectivity index (χ3v) is 4.27. The van der Waals surface area contributed by atoms with Gasteiger partial charge in [0.25, 0.3) is 0 Å². The van der Waals surface area contributed by atoms with Crippen molar-refractivity contribution in [1.29, 1.82) is 5.26 Å². The normalized spacial score (nSPS) is 17.6. The summed E-state index contributed by atoms with van der Waals surface area (Å²) in [5.74, 6) is 0.231. The molecule has 19 heavy (non-hydrogen) atoms. The van der Waals surface area contributed by atoms with Crippen LogP contribution in [0.15, 0.2) is 0 Å². The number of aromatic nitrogens is 2. The van der Waals surface area contributed by atoms with Crippen LogP contribution in [0.25, 0.3) is 0 Å². The van der Waals surface area contributed by atoms with Crippen molar-refractivity contribution < 1.29 is 0 Å². The maximum absolute atomic E-state index is 8.92. The lowest BCUT2D eigenvalue weighted by Gasteiger charge is -2.29. The maximum Gasteiger partial charge on any atom is 0.0863 e. The molecule has 0 aromatic carbocycles. The number of nitrogens with zero attached hydrogens (tertiary/aromatic N) is 4. The highest BCUT2D eigenvalue weighted by Crippen LogP contribution is 2.25. The van der Waals surface area contributed by atoms with Gasteiger partial charge < -0.3 is 0 Å². The van der Waals surface area contributed by atoms with Gasteiger partial charge in [-0.2, -0.15) is 10.4 Å². The molecule has 1 saturated heterocycles. The molecule has 0 radical (unpaired) electrons. The smallest absolute Gasteiger partial charge is 0.0863 e. The number of rotatable bonds is 4. The number of nitriles is 1. The van der Waals surface area contributed by atoms with Crippen LogP contribution >= 0.6 is 11.6 Å². The van der Waals surface area contributed by atoms with E-state index < -0.39 is 0 Å². The first-order chi connectivity index (χ1) is 9.19. The Morgan fingerprint density at radius 1 is 1.37 bits per heavy atom. The Morgan fingerprint density at radius 2 is 2.05 bits per heavy atom. The van der Waals surface area contributed by atoms with Crippen LogP contribution in [0.3, 0.4) is 0 Å². The van der Waals surface area contributed by atoms with E-state index in [0.717, 1.165) is 61.9 Å². The summed E-state index contributed by atoms with van der Waals surface area (Å²) in [6, 6.07) is 2.37. The molecule has 0 atom stereocenters. The zero-order chi connectivity index (χ0) is 13.8. The van der Waals surface area contributed by atoms with Crippen molar-refractivity contribution in [3.8, 4) is 6.07 Å². The molecule has 5 heteroatoms. The molecular formula is C14H21ClN4. The van der Waals surface area contributed by atoms with Crippen molar-refractivity contribution in [3.05, 3.63) is 16.4 Å². The van der Waals surface area contributed by atoms with Crippen molar-refractivity contribution in [2.75, 3.05) is 13.1 Å². The summed E-state index contributed by atoms with van der Waals surface area (Å²) in [6.45, 7) is 7.82. The van der Waals surface area contributed by atoms with Crippen molar-refractivity contribution in [1.82, 2.24) is 14.7 Å². The van der Waals surface area contributed by atoms with Crippen LogP contribution in [0, 0.1) is 17.2 Å². The first-order valence-electron chi connectivity index (χ1n) is 7.05. The Hall–Kier alpha value is -1.05. The van der Waals surface area contributed by atoms with Crippen LogP contribution in [0.5, 0.6) is 0 Å². The molecule has 0 aliphatic carbocycles. The predicted molar refractivity (Wildman–Crippen MR) is 75.9 cm³/mol. The molecule has 4 nitrogen and oxygen atoms in total. The highest BCUT2D eigenvalue weighted by Gasteiger charge is 2.22.